The lowest BCUT2D eigenvalue weighted by Crippen LogP contribution is -2.19. The Labute approximate surface area is 117 Å². The summed E-state index contributed by atoms with van der Waals surface area (Å²) in [6.07, 6.45) is -0.380. The second-order valence-electron chi connectivity index (χ2n) is 4.20. The van der Waals surface area contributed by atoms with E-state index in [-0.39, 0.29) is 24.5 Å². The van der Waals surface area contributed by atoms with Crippen molar-refractivity contribution in [1.82, 2.24) is 5.32 Å². The van der Waals surface area contributed by atoms with Crippen LogP contribution < -0.4 is 10.1 Å². The lowest BCUT2D eigenvalue weighted by molar-refractivity contribution is 0.177. The summed E-state index contributed by atoms with van der Waals surface area (Å²) in [7, 11) is 1.63. The van der Waals surface area contributed by atoms with Gasteiger partial charge in [0.25, 0.3) is 0 Å². The largest absolute Gasteiger partial charge is 0.496 e. The number of methoxy groups -OCH3 is 1. The highest BCUT2D eigenvalue weighted by molar-refractivity contribution is 5.89. The fourth-order valence-electron chi connectivity index (χ4n) is 2.35. The molecule has 1 aliphatic heterocycles. The van der Waals surface area contributed by atoms with Crippen LogP contribution >= 0.6 is 12.4 Å². The number of ether oxygens (including phenoxy) is 2. The molecule has 2 aromatic carbocycles. The number of alkyl carbamates (subject to hydrolysis) is 1. The van der Waals surface area contributed by atoms with Crippen molar-refractivity contribution in [3.05, 3.63) is 42.0 Å². The van der Waals surface area contributed by atoms with E-state index < -0.39 is 0 Å². The molecule has 2 aromatic rings. The van der Waals surface area contributed by atoms with Crippen LogP contribution in [-0.2, 0) is 4.74 Å². The number of rotatable bonds is 2. The lowest BCUT2D eigenvalue weighted by Gasteiger charge is -2.15. The summed E-state index contributed by atoms with van der Waals surface area (Å²) in [6, 6.07) is 11.8. The average Bonchev–Trinajstić information content (AvgIpc) is 2.83. The Hall–Kier alpha value is -1.94. The number of benzene rings is 2. The van der Waals surface area contributed by atoms with Gasteiger partial charge < -0.3 is 14.8 Å². The van der Waals surface area contributed by atoms with Gasteiger partial charge in [-0.3, -0.25) is 0 Å². The van der Waals surface area contributed by atoms with Gasteiger partial charge in [0.05, 0.1) is 13.2 Å². The Morgan fingerprint density at radius 1 is 1.26 bits per heavy atom. The van der Waals surface area contributed by atoms with E-state index >= 15 is 0 Å². The predicted molar refractivity (Wildman–Crippen MR) is 75.0 cm³/mol. The number of hydrogen-bond acceptors (Lipinski definition) is 3. The van der Waals surface area contributed by atoms with E-state index in [1.165, 1.54) is 0 Å². The highest BCUT2D eigenvalue weighted by atomic mass is 35.5. The fourth-order valence-corrected chi connectivity index (χ4v) is 2.35. The van der Waals surface area contributed by atoms with Crippen LogP contribution in [-0.4, -0.2) is 19.8 Å². The summed E-state index contributed by atoms with van der Waals surface area (Å²) in [4.78, 5) is 11.2. The van der Waals surface area contributed by atoms with E-state index in [0.717, 1.165) is 22.1 Å². The van der Waals surface area contributed by atoms with E-state index in [1.54, 1.807) is 7.11 Å². The van der Waals surface area contributed by atoms with Crippen molar-refractivity contribution in [3.8, 4) is 5.75 Å². The monoisotopic (exact) mass is 279 g/mol. The maximum atomic E-state index is 11.2. The molecule has 0 bridgehead atoms. The molecule has 100 valence electrons. The van der Waals surface area contributed by atoms with E-state index in [2.05, 4.69) is 5.32 Å². The molecule has 0 spiro atoms. The van der Waals surface area contributed by atoms with E-state index in [0.29, 0.717) is 6.61 Å². The molecule has 19 heavy (non-hydrogen) atoms. The highest BCUT2D eigenvalue weighted by Gasteiger charge is 2.27. The van der Waals surface area contributed by atoms with Crippen LogP contribution in [0.4, 0.5) is 4.79 Å². The molecule has 1 heterocycles. The maximum absolute atomic E-state index is 11.2. The SMILES string of the molecule is COc1ccc2ccccc2c1[C@H]1COC(=O)N1.Cl. The second kappa shape index (κ2) is 5.36. The zero-order chi connectivity index (χ0) is 12.5. The van der Waals surface area contributed by atoms with E-state index in [4.69, 9.17) is 9.47 Å². The number of hydrogen-bond donors (Lipinski definition) is 1. The third kappa shape index (κ3) is 2.31. The Bertz CT molecular complexity index is 615. The number of cyclic esters (lactones) is 1. The summed E-state index contributed by atoms with van der Waals surface area (Å²) in [5.41, 5.74) is 0.974. The van der Waals surface area contributed by atoms with Crippen molar-refractivity contribution in [2.75, 3.05) is 13.7 Å². The normalized spacial score (nSPS) is 17.5. The molecular weight excluding hydrogens is 266 g/mol. The van der Waals surface area contributed by atoms with Gasteiger partial charge in [0.2, 0.25) is 0 Å². The van der Waals surface area contributed by atoms with Crippen LogP contribution in [0.3, 0.4) is 0 Å². The third-order valence-corrected chi connectivity index (χ3v) is 3.17. The van der Waals surface area contributed by atoms with Crippen molar-refractivity contribution in [2.45, 2.75) is 6.04 Å². The van der Waals surface area contributed by atoms with Crippen molar-refractivity contribution >= 4 is 29.3 Å². The molecule has 0 saturated carbocycles. The number of nitrogens with one attached hydrogen (secondary N) is 1. The van der Waals surface area contributed by atoms with Crippen LogP contribution in [0.1, 0.15) is 11.6 Å². The Balaban J connectivity index is 0.00000133. The summed E-state index contributed by atoms with van der Waals surface area (Å²) < 4.78 is 10.4. The molecule has 5 heteroatoms. The smallest absolute Gasteiger partial charge is 0.407 e. The quantitative estimate of drug-likeness (QED) is 0.919. The molecule has 1 fully saturated rings. The molecular formula is C14H14ClNO3. The number of carbonyl (C=O) groups excluding carboxylic acids is 1. The van der Waals surface area contributed by atoms with Crippen LogP contribution in [0.5, 0.6) is 5.75 Å². The van der Waals surface area contributed by atoms with Crippen molar-refractivity contribution in [3.63, 3.8) is 0 Å². The van der Waals surface area contributed by atoms with Gasteiger partial charge in [0, 0.05) is 5.56 Å². The predicted octanol–water partition coefficient (Wildman–Crippen LogP) is 3.05. The molecule has 1 N–H and O–H groups in total. The summed E-state index contributed by atoms with van der Waals surface area (Å²) in [5.74, 6) is 0.768. The van der Waals surface area contributed by atoms with Gasteiger partial charge in [0.1, 0.15) is 12.4 Å². The Morgan fingerprint density at radius 3 is 2.74 bits per heavy atom. The molecule has 4 nitrogen and oxygen atoms in total. The van der Waals surface area contributed by atoms with Crippen LogP contribution in [0, 0.1) is 0 Å². The number of amides is 1. The molecule has 3 rings (SSSR count). The van der Waals surface area contributed by atoms with Gasteiger partial charge in [0.15, 0.2) is 0 Å². The molecule has 0 radical (unpaired) electrons. The van der Waals surface area contributed by atoms with Gasteiger partial charge >= 0.3 is 6.09 Å². The van der Waals surface area contributed by atoms with Gasteiger partial charge in [-0.1, -0.05) is 30.3 Å². The fraction of sp³-hybridized carbons (Fsp3) is 0.214. The van der Waals surface area contributed by atoms with Gasteiger partial charge in [-0.2, -0.15) is 0 Å². The van der Waals surface area contributed by atoms with Crippen molar-refractivity contribution < 1.29 is 14.3 Å². The molecule has 0 aromatic heterocycles. The van der Waals surface area contributed by atoms with Crippen LogP contribution in [0.25, 0.3) is 10.8 Å². The first-order valence-corrected chi connectivity index (χ1v) is 5.78. The van der Waals surface area contributed by atoms with E-state index in [9.17, 15) is 4.79 Å². The molecule has 0 aliphatic carbocycles. The van der Waals surface area contributed by atoms with E-state index in [1.807, 2.05) is 36.4 Å². The number of carbonyl (C=O) groups is 1. The van der Waals surface area contributed by atoms with Crippen molar-refractivity contribution in [1.29, 1.82) is 0 Å². The van der Waals surface area contributed by atoms with Crippen LogP contribution in [0.2, 0.25) is 0 Å². The molecule has 1 saturated heterocycles. The summed E-state index contributed by atoms with van der Waals surface area (Å²) in [5, 5.41) is 4.99. The molecule has 1 aliphatic rings. The average molecular weight is 280 g/mol. The topological polar surface area (TPSA) is 47.6 Å². The summed E-state index contributed by atoms with van der Waals surface area (Å²) in [6.45, 7) is 0.337. The first kappa shape index (κ1) is 13.5. The minimum Gasteiger partial charge on any atom is -0.496 e. The van der Waals surface area contributed by atoms with Gasteiger partial charge in [-0.05, 0) is 16.8 Å². The second-order valence-corrected chi connectivity index (χ2v) is 4.20. The van der Waals surface area contributed by atoms with Gasteiger partial charge in [-0.15, -0.1) is 12.4 Å². The minimum absolute atomic E-state index is 0. The minimum atomic E-state index is -0.380. The van der Waals surface area contributed by atoms with Gasteiger partial charge in [-0.25, -0.2) is 4.79 Å². The molecule has 1 atom stereocenters. The zero-order valence-electron chi connectivity index (χ0n) is 10.4. The molecule has 0 unspecified atom stereocenters. The summed E-state index contributed by atoms with van der Waals surface area (Å²) >= 11 is 0. The highest BCUT2D eigenvalue weighted by Crippen LogP contribution is 2.34. The lowest BCUT2D eigenvalue weighted by atomic mass is 9.98. The number of fused-ring (bicyclic) bond motifs is 1. The van der Waals surface area contributed by atoms with Crippen molar-refractivity contribution in [2.24, 2.45) is 0 Å². The first-order chi connectivity index (χ1) is 8.79. The Morgan fingerprint density at radius 2 is 2.05 bits per heavy atom. The standard InChI is InChI=1S/C14H13NO3.ClH/c1-17-12-7-6-9-4-2-3-5-10(9)13(12)11-8-18-14(16)15-11;/h2-7,11H,8H2,1H3,(H,15,16);1H/t11-;/m1./s1. The zero-order valence-corrected chi connectivity index (χ0v) is 11.2. The third-order valence-electron chi connectivity index (χ3n) is 3.17. The van der Waals surface area contributed by atoms with Crippen LogP contribution in [0.15, 0.2) is 36.4 Å². The first-order valence-electron chi connectivity index (χ1n) is 5.78. The maximum Gasteiger partial charge on any atom is 0.407 e. The molecule has 1 amide bonds. The number of halogens is 1. The Kier molecular flexibility index (Phi) is 3.81.